The van der Waals surface area contributed by atoms with E-state index in [0.29, 0.717) is 24.5 Å². The first-order chi connectivity index (χ1) is 16.2. The van der Waals surface area contributed by atoms with Crippen LogP contribution < -0.4 is 10.2 Å². The SMILES string of the molecule is CN(C)CCCc1cc(CNc2ncccc2N(C=O)c2ccc(C(C)(C)C)cc2)ccc1F. The van der Waals surface area contributed by atoms with E-state index < -0.39 is 0 Å². The Bertz CT molecular complexity index is 1090. The molecule has 1 heterocycles. The second-order valence-corrected chi connectivity index (χ2v) is 9.83. The predicted octanol–water partition coefficient (Wildman–Crippen LogP) is 5.92. The molecule has 3 rings (SSSR count). The maximum Gasteiger partial charge on any atom is 0.218 e. The predicted molar refractivity (Wildman–Crippen MR) is 138 cm³/mol. The van der Waals surface area contributed by atoms with E-state index in [1.807, 2.05) is 50.5 Å². The highest BCUT2D eigenvalue weighted by molar-refractivity contribution is 5.90. The summed E-state index contributed by atoms with van der Waals surface area (Å²) in [5.41, 5.74) is 4.34. The fourth-order valence-electron chi connectivity index (χ4n) is 3.81. The smallest absolute Gasteiger partial charge is 0.218 e. The lowest BCUT2D eigenvalue weighted by molar-refractivity contribution is -0.106. The summed E-state index contributed by atoms with van der Waals surface area (Å²) in [6.07, 6.45) is 4.08. The van der Waals surface area contributed by atoms with E-state index in [4.69, 9.17) is 0 Å². The second-order valence-electron chi connectivity index (χ2n) is 9.83. The van der Waals surface area contributed by atoms with Gasteiger partial charge in [-0.2, -0.15) is 0 Å². The number of carbonyl (C=O) groups excluding carboxylic acids is 1. The van der Waals surface area contributed by atoms with Gasteiger partial charge in [-0.3, -0.25) is 9.69 Å². The lowest BCUT2D eigenvalue weighted by Crippen LogP contribution is -2.18. The zero-order valence-corrected chi connectivity index (χ0v) is 20.8. The highest BCUT2D eigenvalue weighted by atomic mass is 19.1. The number of pyridine rings is 1. The van der Waals surface area contributed by atoms with Crippen molar-refractivity contribution in [2.75, 3.05) is 30.9 Å². The third-order valence-electron chi connectivity index (χ3n) is 5.78. The molecule has 6 heteroatoms. The van der Waals surface area contributed by atoms with Crippen molar-refractivity contribution in [2.24, 2.45) is 0 Å². The maximum absolute atomic E-state index is 14.3. The molecule has 0 bridgehead atoms. The van der Waals surface area contributed by atoms with Gasteiger partial charge in [0.1, 0.15) is 5.82 Å². The van der Waals surface area contributed by atoms with Gasteiger partial charge in [-0.25, -0.2) is 9.37 Å². The maximum atomic E-state index is 14.3. The summed E-state index contributed by atoms with van der Waals surface area (Å²) in [7, 11) is 4.03. The number of halogens is 1. The van der Waals surface area contributed by atoms with Crippen LogP contribution in [0.2, 0.25) is 0 Å². The van der Waals surface area contributed by atoms with Gasteiger partial charge < -0.3 is 10.2 Å². The van der Waals surface area contributed by atoms with Crippen LogP contribution in [0.4, 0.5) is 21.6 Å². The van der Waals surface area contributed by atoms with Crippen LogP contribution in [0, 0.1) is 5.82 Å². The molecule has 0 radical (unpaired) electrons. The number of aromatic nitrogens is 1. The molecule has 0 aliphatic rings. The molecule has 0 atom stereocenters. The van der Waals surface area contributed by atoms with E-state index in [-0.39, 0.29) is 11.2 Å². The first-order valence-electron chi connectivity index (χ1n) is 11.6. The second kappa shape index (κ2) is 11.3. The summed E-state index contributed by atoms with van der Waals surface area (Å²) < 4.78 is 14.3. The Balaban J connectivity index is 1.77. The molecule has 1 N–H and O–H groups in total. The Kier molecular flexibility index (Phi) is 8.40. The molecule has 0 spiro atoms. The minimum Gasteiger partial charge on any atom is -0.364 e. The Morgan fingerprint density at radius 1 is 1.06 bits per heavy atom. The molecule has 3 aromatic rings. The summed E-state index contributed by atoms with van der Waals surface area (Å²) in [6, 6.07) is 16.9. The van der Waals surface area contributed by atoms with Crippen molar-refractivity contribution in [3.8, 4) is 0 Å². The lowest BCUT2D eigenvalue weighted by Gasteiger charge is -2.23. The number of hydrogen-bond acceptors (Lipinski definition) is 4. The summed E-state index contributed by atoms with van der Waals surface area (Å²) in [6.45, 7) is 7.86. The molecule has 1 aromatic heterocycles. The Morgan fingerprint density at radius 3 is 2.44 bits per heavy atom. The molecule has 34 heavy (non-hydrogen) atoms. The van der Waals surface area contributed by atoms with Crippen LogP contribution in [0.1, 0.15) is 43.9 Å². The fraction of sp³-hybridized carbons (Fsp3) is 0.357. The standard InChI is InChI=1S/C28H35FN4O/c1-28(2,3)23-11-13-24(14-12-23)33(20-34)26-9-6-16-30-27(26)31-19-21-10-15-25(29)22(18-21)8-7-17-32(4)5/h6,9-16,18,20H,7-8,17,19H2,1-5H3,(H,30,31). The third-order valence-corrected chi connectivity index (χ3v) is 5.78. The highest BCUT2D eigenvalue weighted by Crippen LogP contribution is 2.31. The van der Waals surface area contributed by atoms with Gasteiger partial charge in [-0.1, -0.05) is 45.0 Å². The van der Waals surface area contributed by atoms with E-state index in [2.05, 4.69) is 36.0 Å². The largest absolute Gasteiger partial charge is 0.364 e. The van der Waals surface area contributed by atoms with Gasteiger partial charge in [-0.15, -0.1) is 0 Å². The number of anilines is 3. The Morgan fingerprint density at radius 2 is 1.79 bits per heavy atom. The van der Waals surface area contributed by atoms with Gasteiger partial charge in [0.25, 0.3) is 0 Å². The number of hydrogen-bond donors (Lipinski definition) is 1. The van der Waals surface area contributed by atoms with Crippen molar-refractivity contribution >= 4 is 23.6 Å². The van der Waals surface area contributed by atoms with Crippen LogP contribution >= 0.6 is 0 Å². The molecule has 180 valence electrons. The molecular weight excluding hydrogens is 427 g/mol. The number of nitrogens with one attached hydrogen (secondary N) is 1. The van der Waals surface area contributed by atoms with Crippen LogP contribution in [0.25, 0.3) is 0 Å². The number of aryl methyl sites for hydroxylation is 1. The molecule has 0 saturated carbocycles. The van der Waals surface area contributed by atoms with Crippen molar-refractivity contribution in [3.05, 3.63) is 83.3 Å². The quantitative estimate of drug-likeness (QED) is 0.380. The minimum atomic E-state index is -0.174. The first-order valence-corrected chi connectivity index (χ1v) is 11.6. The van der Waals surface area contributed by atoms with Crippen molar-refractivity contribution in [3.63, 3.8) is 0 Å². The Hall–Kier alpha value is -3.25. The van der Waals surface area contributed by atoms with Gasteiger partial charge >= 0.3 is 0 Å². The van der Waals surface area contributed by atoms with Crippen molar-refractivity contribution in [2.45, 2.75) is 45.6 Å². The van der Waals surface area contributed by atoms with E-state index >= 15 is 0 Å². The zero-order chi connectivity index (χ0) is 24.7. The minimum absolute atomic E-state index is 0.0338. The van der Waals surface area contributed by atoms with E-state index in [0.717, 1.165) is 36.2 Å². The molecule has 1 amide bonds. The van der Waals surface area contributed by atoms with E-state index in [1.54, 1.807) is 23.2 Å². The molecule has 0 saturated heterocycles. The third kappa shape index (κ3) is 6.64. The van der Waals surface area contributed by atoms with Crippen LogP contribution in [-0.2, 0) is 23.2 Å². The number of rotatable bonds is 10. The molecule has 0 aliphatic heterocycles. The van der Waals surface area contributed by atoms with E-state index in [9.17, 15) is 9.18 Å². The molecule has 0 fully saturated rings. The molecule has 2 aromatic carbocycles. The van der Waals surface area contributed by atoms with Crippen molar-refractivity contribution in [1.82, 2.24) is 9.88 Å². The summed E-state index contributed by atoms with van der Waals surface area (Å²) in [5.74, 6) is 0.417. The number of amides is 1. The number of nitrogens with zero attached hydrogens (tertiary/aromatic N) is 3. The first kappa shape index (κ1) is 25.4. The van der Waals surface area contributed by atoms with Crippen LogP contribution in [0.3, 0.4) is 0 Å². The average Bonchev–Trinajstić information content (AvgIpc) is 2.80. The van der Waals surface area contributed by atoms with Gasteiger partial charge in [0, 0.05) is 18.4 Å². The van der Waals surface area contributed by atoms with Gasteiger partial charge in [0.15, 0.2) is 5.82 Å². The van der Waals surface area contributed by atoms with Gasteiger partial charge in [0.05, 0.1) is 5.69 Å². The van der Waals surface area contributed by atoms with Crippen molar-refractivity contribution in [1.29, 1.82) is 0 Å². The summed E-state index contributed by atoms with van der Waals surface area (Å²) >= 11 is 0. The molecule has 0 aliphatic carbocycles. The van der Waals surface area contributed by atoms with Crippen LogP contribution in [-0.4, -0.2) is 36.9 Å². The van der Waals surface area contributed by atoms with Crippen molar-refractivity contribution < 1.29 is 9.18 Å². The summed E-state index contributed by atoms with van der Waals surface area (Å²) in [4.78, 5) is 20.2. The topological polar surface area (TPSA) is 48.5 Å². The molecule has 5 nitrogen and oxygen atoms in total. The number of carbonyl (C=O) groups is 1. The normalized spacial score (nSPS) is 11.5. The highest BCUT2D eigenvalue weighted by Gasteiger charge is 2.17. The monoisotopic (exact) mass is 462 g/mol. The van der Waals surface area contributed by atoms with Gasteiger partial charge in [-0.05, 0) is 85.9 Å². The molecular formula is C28H35FN4O. The number of benzene rings is 2. The van der Waals surface area contributed by atoms with Crippen LogP contribution in [0.15, 0.2) is 60.8 Å². The lowest BCUT2D eigenvalue weighted by atomic mass is 9.87. The average molecular weight is 463 g/mol. The molecule has 0 unspecified atom stereocenters. The van der Waals surface area contributed by atoms with E-state index in [1.165, 1.54) is 11.6 Å². The fourth-order valence-corrected chi connectivity index (χ4v) is 3.81. The van der Waals surface area contributed by atoms with Crippen LogP contribution in [0.5, 0.6) is 0 Å². The zero-order valence-electron chi connectivity index (χ0n) is 20.8. The summed E-state index contributed by atoms with van der Waals surface area (Å²) in [5, 5.41) is 3.33. The van der Waals surface area contributed by atoms with Gasteiger partial charge in [0.2, 0.25) is 6.41 Å². The Labute approximate surface area is 202 Å².